The molecule has 3 fully saturated rings. The van der Waals surface area contributed by atoms with Crippen molar-refractivity contribution in [3.63, 3.8) is 0 Å². The van der Waals surface area contributed by atoms with Gasteiger partial charge in [0.2, 0.25) is 5.91 Å². The normalized spacial score (nSPS) is 24.5. The van der Waals surface area contributed by atoms with Crippen LogP contribution in [0.5, 0.6) is 0 Å². The number of nitrogens with zero attached hydrogens (tertiary/aromatic N) is 2. The van der Waals surface area contributed by atoms with Crippen molar-refractivity contribution in [1.29, 1.82) is 0 Å². The van der Waals surface area contributed by atoms with Crippen LogP contribution in [0.1, 0.15) is 64.9 Å². The zero-order chi connectivity index (χ0) is 23.6. The van der Waals surface area contributed by atoms with Gasteiger partial charge in [-0.3, -0.25) is 4.79 Å². The summed E-state index contributed by atoms with van der Waals surface area (Å²) in [6, 6.07) is 9.08. The molecule has 3 aliphatic rings. The van der Waals surface area contributed by atoms with Crippen molar-refractivity contribution in [2.75, 3.05) is 19.6 Å². The van der Waals surface area contributed by atoms with Crippen molar-refractivity contribution in [1.82, 2.24) is 9.80 Å². The van der Waals surface area contributed by atoms with Crippen LogP contribution in [0.4, 0.5) is 4.79 Å². The monoisotopic (exact) mass is 456 g/mol. The van der Waals surface area contributed by atoms with Crippen molar-refractivity contribution in [2.24, 2.45) is 11.3 Å². The van der Waals surface area contributed by atoms with Gasteiger partial charge in [0.05, 0.1) is 5.41 Å². The first-order valence-electron chi connectivity index (χ1n) is 12.2. The highest BCUT2D eigenvalue weighted by Crippen LogP contribution is 2.44. The molecule has 0 N–H and O–H groups in total. The highest BCUT2D eigenvalue weighted by molar-refractivity contribution is 5.91. The molecular weight excluding hydrogens is 420 g/mol. The second-order valence-corrected chi connectivity index (χ2v) is 10.8. The molecule has 1 aliphatic carbocycles. The lowest BCUT2D eigenvalue weighted by Gasteiger charge is -2.32. The summed E-state index contributed by atoms with van der Waals surface area (Å²) in [5.74, 6) is -0.184. The molecule has 4 rings (SSSR count). The molecular formula is C26H36N2O5. The van der Waals surface area contributed by atoms with E-state index in [4.69, 9.17) is 9.47 Å². The number of hydrogen-bond acceptors (Lipinski definition) is 5. The van der Waals surface area contributed by atoms with Crippen LogP contribution in [0.2, 0.25) is 0 Å². The third kappa shape index (κ3) is 5.17. The predicted octanol–water partition coefficient (Wildman–Crippen LogP) is 4.15. The topological polar surface area (TPSA) is 76.2 Å². The summed E-state index contributed by atoms with van der Waals surface area (Å²) >= 11 is 0. The standard InChI is InChI=1S/C26H36N2O5/c1-25(2,3)33-24(31)27-15-13-26(18-27)14-16-28(23(26)30)21(20-11-7-8-12-20)22(29)32-17-19-9-5-4-6-10-19/h4-6,9-10,20-21H,7-8,11-18H2,1-3H3/t21?,26-/m1/s1. The van der Waals surface area contributed by atoms with Gasteiger partial charge in [-0.05, 0) is 57.9 Å². The number of benzene rings is 1. The largest absolute Gasteiger partial charge is 0.459 e. The molecule has 2 amide bonds. The van der Waals surface area contributed by atoms with Crippen LogP contribution in [0.25, 0.3) is 0 Å². The van der Waals surface area contributed by atoms with Gasteiger partial charge in [0.15, 0.2) is 0 Å². The highest BCUT2D eigenvalue weighted by atomic mass is 16.6. The summed E-state index contributed by atoms with van der Waals surface area (Å²) in [7, 11) is 0. The number of likely N-dealkylation sites (tertiary alicyclic amines) is 2. The zero-order valence-corrected chi connectivity index (χ0v) is 20.0. The quantitative estimate of drug-likeness (QED) is 0.622. The smallest absolute Gasteiger partial charge is 0.410 e. The number of rotatable bonds is 5. The fraction of sp³-hybridized carbons (Fsp3) is 0.654. The molecule has 1 aromatic rings. The Morgan fingerprint density at radius 2 is 1.76 bits per heavy atom. The molecule has 0 radical (unpaired) electrons. The molecule has 180 valence electrons. The zero-order valence-electron chi connectivity index (χ0n) is 20.0. The third-order valence-corrected chi connectivity index (χ3v) is 7.20. The van der Waals surface area contributed by atoms with Crippen LogP contribution < -0.4 is 0 Å². The van der Waals surface area contributed by atoms with Crippen LogP contribution in [0.15, 0.2) is 30.3 Å². The van der Waals surface area contributed by atoms with Crippen molar-refractivity contribution in [2.45, 2.75) is 77.5 Å². The Bertz CT molecular complexity index is 874. The predicted molar refractivity (Wildman–Crippen MR) is 123 cm³/mol. The summed E-state index contributed by atoms with van der Waals surface area (Å²) in [6.45, 7) is 7.12. The molecule has 1 unspecified atom stereocenters. The van der Waals surface area contributed by atoms with Crippen LogP contribution in [-0.2, 0) is 25.7 Å². The first-order valence-corrected chi connectivity index (χ1v) is 12.2. The summed E-state index contributed by atoms with van der Waals surface area (Å²) < 4.78 is 11.2. The molecule has 1 aromatic carbocycles. The van der Waals surface area contributed by atoms with Crippen molar-refractivity contribution in [3.05, 3.63) is 35.9 Å². The molecule has 2 aliphatic heterocycles. The SMILES string of the molecule is CC(C)(C)OC(=O)N1CC[C@@]2(CCN(C(C(=O)OCc3ccccc3)C3CCCC3)C2=O)C1. The Hall–Kier alpha value is -2.57. The summed E-state index contributed by atoms with van der Waals surface area (Å²) in [4.78, 5) is 42.9. The molecule has 7 heteroatoms. The van der Waals surface area contributed by atoms with E-state index in [0.29, 0.717) is 32.5 Å². The fourth-order valence-electron chi connectivity index (χ4n) is 5.51. The third-order valence-electron chi connectivity index (χ3n) is 7.20. The Morgan fingerprint density at radius 3 is 2.42 bits per heavy atom. The summed E-state index contributed by atoms with van der Waals surface area (Å²) in [5.41, 5.74) is -0.258. The Kier molecular flexibility index (Phi) is 6.68. The van der Waals surface area contributed by atoms with Gasteiger partial charge in [-0.2, -0.15) is 0 Å². The molecule has 0 aromatic heterocycles. The molecule has 7 nitrogen and oxygen atoms in total. The van der Waals surface area contributed by atoms with E-state index in [1.165, 1.54) is 0 Å². The van der Waals surface area contributed by atoms with E-state index in [-0.39, 0.29) is 30.5 Å². The van der Waals surface area contributed by atoms with Crippen LogP contribution in [0.3, 0.4) is 0 Å². The Balaban J connectivity index is 1.45. The minimum absolute atomic E-state index is 0.0119. The van der Waals surface area contributed by atoms with E-state index in [2.05, 4.69) is 0 Å². The van der Waals surface area contributed by atoms with Crippen LogP contribution >= 0.6 is 0 Å². The van der Waals surface area contributed by atoms with Gasteiger partial charge in [-0.15, -0.1) is 0 Å². The lowest BCUT2D eigenvalue weighted by Crippen LogP contribution is -2.49. The average Bonchev–Trinajstić information content (AvgIpc) is 3.51. The van der Waals surface area contributed by atoms with Crippen LogP contribution in [0, 0.1) is 11.3 Å². The number of carbonyl (C=O) groups excluding carboxylic acids is 3. The maximum absolute atomic E-state index is 13.7. The van der Waals surface area contributed by atoms with Crippen molar-refractivity contribution in [3.8, 4) is 0 Å². The maximum atomic E-state index is 13.7. The second-order valence-electron chi connectivity index (χ2n) is 10.8. The van der Waals surface area contributed by atoms with Gasteiger partial charge in [-0.25, -0.2) is 9.59 Å². The molecule has 1 spiro atoms. The highest BCUT2D eigenvalue weighted by Gasteiger charge is 2.55. The molecule has 1 saturated carbocycles. The van der Waals surface area contributed by atoms with E-state index < -0.39 is 17.1 Å². The number of esters is 1. The Morgan fingerprint density at radius 1 is 1.09 bits per heavy atom. The first kappa shape index (κ1) is 23.6. The minimum atomic E-state index is -0.618. The van der Waals surface area contributed by atoms with Gasteiger partial charge in [0.1, 0.15) is 18.2 Å². The molecule has 0 bridgehead atoms. The molecule has 2 atom stereocenters. The molecule has 2 saturated heterocycles. The van der Waals surface area contributed by atoms with Gasteiger partial charge in [0, 0.05) is 19.6 Å². The van der Waals surface area contributed by atoms with Gasteiger partial charge in [-0.1, -0.05) is 43.2 Å². The number of hydrogen-bond donors (Lipinski definition) is 0. The van der Waals surface area contributed by atoms with Crippen molar-refractivity contribution >= 4 is 18.0 Å². The van der Waals surface area contributed by atoms with E-state index in [1.807, 2.05) is 51.1 Å². The number of carbonyl (C=O) groups is 3. The van der Waals surface area contributed by atoms with E-state index in [1.54, 1.807) is 9.80 Å². The van der Waals surface area contributed by atoms with Crippen LogP contribution in [-0.4, -0.2) is 59.0 Å². The van der Waals surface area contributed by atoms with E-state index in [9.17, 15) is 14.4 Å². The Labute approximate surface area is 196 Å². The van der Waals surface area contributed by atoms with Crippen molar-refractivity contribution < 1.29 is 23.9 Å². The number of ether oxygens (including phenoxy) is 2. The second kappa shape index (κ2) is 9.35. The lowest BCUT2D eigenvalue weighted by molar-refractivity contribution is -0.159. The average molecular weight is 457 g/mol. The van der Waals surface area contributed by atoms with Gasteiger partial charge in [0.25, 0.3) is 0 Å². The van der Waals surface area contributed by atoms with Gasteiger partial charge >= 0.3 is 12.1 Å². The summed E-state index contributed by atoms with van der Waals surface area (Å²) in [5, 5.41) is 0. The maximum Gasteiger partial charge on any atom is 0.410 e. The first-order chi connectivity index (χ1) is 15.7. The van der Waals surface area contributed by atoms with E-state index >= 15 is 0 Å². The molecule has 33 heavy (non-hydrogen) atoms. The van der Waals surface area contributed by atoms with Gasteiger partial charge < -0.3 is 19.3 Å². The molecule has 2 heterocycles. The number of amides is 2. The minimum Gasteiger partial charge on any atom is -0.459 e. The van der Waals surface area contributed by atoms with E-state index in [0.717, 1.165) is 31.2 Å². The summed E-state index contributed by atoms with van der Waals surface area (Å²) in [6.07, 6.45) is 4.91. The fourth-order valence-corrected chi connectivity index (χ4v) is 5.51. The lowest BCUT2D eigenvalue weighted by atomic mass is 9.85.